The number of carbonyl (C=O) groups is 2. The van der Waals surface area contributed by atoms with Gasteiger partial charge in [0, 0.05) is 0 Å². The first-order valence-corrected chi connectivity index (χ1v) is 2.50. The van der Waals surface area contributed by atoms with Crippen molar-refractivity contribution in [2.24, 2.45) is 0 Å². The van der Waals surface area contributed by atoms with Gasteiger partial charge < -0.3 is 9.90 Å². The van der Waals surface area contributed by atoms with Gasteiger partial charge in [-0.1, -0.05) is 0 Å². The van der Waals surface area contributed by atoms with Crippen molar-refractivity contribution in [1.82, 2.24) is 4.90 Å². The van der Waals surface area contributed by atoms with Crippen LogP contribution >= 0.6 is 0 Å². The molecule has 4 heteroatoms. The van der Waals surface area contributed by atoms with E-state index in [4.69, 9.17) is 5.11 Å². The Morgan fingerprint density at radius 2 is 2.33 bits per heavy atom. The van der Waals surface area contributed by atoms with Crippen LogP contribution in [-0.4, -0.2) is 42.4 Å². The van der Waals surface area contributed by atoms with Crippen LogP contribution in [0.2, 0.25) is 0 Å². The monoisotopic (exact) mass is 131 g/mol. The molecule has 0 aromatic rings. The van der Waals surface area contributed by atoms with Crippen LogP contribution in [0, 0.1) is 0 Å². The van der Waals surface area contributed by atoms with E-state index in [1.807, 2.05) is 0 Å². The molecule has 0 radical (unpaired) electrons. The zero-order valence-electron chi connectivity index (χ0n) is 5.20. The molecule has 0 bridgehead atoms. The zero-order chi connectivity index (χ0) is 7.28. The van der Waals surface area contributed by atoms with Gasteiger partial charge in [0.05, 0.1) is 13.1 Å². The molecular formula is C5H9NO3. The van der Waals surface area contributed by atoms with Crippen LogP contribution in [0.5, 0.6) is 0 Å². The largest absolute Gasteiger partial charge is 0.480 e. The fourth-order valence-corrected chi connectivity index (χ4v) is 0.423. The first kappa shape index (κ1) is 8.10. The van der Waals surface area contributed by atoms with Gasteiger partial charge in [0.15, 0.2) is 0 Å². The van der Waals surface area contributed by atoms with Crippen molar-refractivity contribution in [3.8, 4) is 0 Å². The van der Waals surface area contributed by atoms with Crippen LogP contribution in [0.3, 0.4) is 0 Å². The summed E-state index contributed by atoms with van der Waals surface area (Å²) in [5.41, 5.74) is 0. The number of rotatable bonds is 4. The second kappa shape index (κ2) is 4.03. The number of carboxylic acids is 1. The molecule has 0 aromatic carbocycles. The fraction of sp³-hybridized carbons (Fsp3) is 0.600. The molecule has 1 N–H and O–H groups in total. The Morgan fingerprint density at radius 1 is 1.78 bits per heavy atom. The van der Waals surface area contributed by atoms with E-state index < -0.39 is 5.97 Å². The summed E-state index contributed by atoms with van der Waals surface area (Å²) in [5.74, 6) is -0.917. The van der Waals surface area contributed by atoms with Gasteiger partial charge in [-0.05, 0) is 7.05 Å². The molecule has 9 heavy (non-hydrogen) atoms. The van der Waals surface area contributed by atoms with Crippen LogP contribution in [0.25, 0.3) is 0 Å². The van der Waals surface area contributed by atoms with E-state index >= 15 is 0 Å². The van der Waals surface area contributed by atoms with Gasteiger partial charge in [-0.3, -0.25) is 9.69 Å². The van der Waals surface area contributed by atoms with Crippen molar-refractivity contribution in [2.45, 2.75) is 0 Å². The van der Waals surface area contributed by atoms with Gasteiger partial charge in [0.25, 0.3) is 0 Å². The maximum absolute atomic E-state index is 9.93. The number of hydrogen-bond acceptors (Lipinski definition) is 3. The average molecular weight is 131 g/mol. The first-order chi connectivity index (χ1) is 4.16. The molecule has 4 nitrogen and oxygen atoms in total. The minimum Gasteiger partial charge on any atom is -0.480 e. The molecule has 0 amide bonds. The third kappa shape index (κ3) is 4.96. The highest BCUT2D eigenvalue weighted by molar-refractivity contribution is 5.69. The Hall–Kier alpha value is -0.900. The number of aliphatic carboxylic acids is 1. The molecule has 0 rings (SSSR count). The lowest BCUT2D eigenvalue weighted by Gasteiger charge is -2.07. The SMILES string of the molecule is CN(CC=O)CC(=O)O. The molecule has 52 valence electrons. The van der Waals surface area contributed by atoms with Gasteiger partial charge in [-0.15, -0.1) is 0 Å². The van der Waals surface area contributed by atoms with Crippen LogP contribution in [0.15, 0.2) is 0 Å². The Labute approximate surface area is 53.1 Å². The molecule has 0 spiro atoms. The van der Waals surface area contributed by atoms with Crippen LogP contribution in [-0.2, 0) is 9.59 Å². The van der Waals surface area contributed by atoms with Crippen LogP contribution in [0.1, 0.15) is 0 Å². The summed E-state index contributed by atoms with van der Waals surface area (Å²) in [5, 5.41) is 8.15. The molecule has 0 fully saturated rings. The lowest BCUT2D eigenvalue weighted by atomic mass is 10.5. The average Bonchev–Trinajstić information content (AvgIpc) is 1.63. The number of likely N-dealkylation sites (N-methyl/N-ethyl adjacent to an activating group) is 1. The predicted octanol–water partition coefficient (Wildman–Crippen LogP) is -0.798. The highest BCUT2D eigenvalue weighted by atomic mass is 16.4. The maximum Gasteiger partial charge on any atom is 0.317 e. The molecule has 0 aliphatic rings. The maximum atomic E-state index is 9.93. The van der Waals surface area contributed by atoms with Crippen molar-refractivity contribution in [1.29, 1.82) is 0 Å². The first-order valence-electron chi connectivity index (χ1n) is 2.50. The summed E-state index contributed by atoms with van der Waals surface area (Å²) in [4.78, 5) is 21.1. The van der Waals surface area contributed by atoms with Crippen molar-refractivity contribution in [3.63, 3.8) is 0 Å². The van der Waals surface area contributed by atoms with E-state index in [0.717, 1.165) is 0 Å². The summed E-state index contributed by atoms with van der Waals surface area (Å²) in [6.45, 7) is 0.0883. The second-order valence-corrected chi connectivity index (χ2v) is 1.76. The van der Waals surface area contributed by atoms with E-state index in [1.165, 1.54) is 4.90 Å². The lowest BCUT2D eigenvalue weighted by Crippen LogP contribution is -2.27. The Kier molecular flexibility index (Phi) is 3.62. The molecular weight excluding hydrogens is 122 g/mol. The van der Waals surface area contributed by atoms with Gasteiger partial charge >= 0.3 is 5.97 Å². The summed E-state index contributed by atoms with van der Waals surface area (Å²) >= 11 is 0. The third-order valence-corrected chi connectivity index (χ3v) is 0.791. The number of hydrogen-bond donors (Lipinski definition) is 1. The standard InChI is InChI=1S/C5H9NO3/c1-6(2-3-7)4-5(8)9/h3H,2,4H2,1H3,(H,8,9). The number of aldehydes is 1. The molecule has 0 saturated carbocycles. The number of carboxylic acid groups (broad SMARTS) is 1. The highest BCUT2D eigenvalue weighted by Gasteiger charge is 2.00. The van der Waals surface area contributed by atoms with Crippen molar-refractivity contribution in [2.75, 3.05) is 20.1 Å². The van der Waals surface area contributed by atoms with Gasteiger partial charge in [-0.2, -0.15) is 0 Å². The summed E-state index contributed by atoms with van der Waals surface area (Å²) in [6.07, 6.45) is 0.670. The molecule has 0 aromatic heterocycles. The highest BCUT2D eigenvalue weighted by Crippen LogP contribution is 1.76. The fourth-order valence-electron chi connectivity index (χ4n) is 0.423. The third-order valence-electron chi connectivity index (χ3n) is 0.791. The van der Waals surface area contributed by atoms with E-state index in [1.54, 1.807) is 7.05 Å². The molecule has 0 aliphatic carbocycles. The van der Waals surface area contributed by atoms with Crippen molar-refractivity contribution >= 4 is 12.3 Å². The summed E-state index contributed by atoms with van der Waals surface area (Å²) < 4.78 is 0. The minimum atomic E-state index is -0.917. The van der Waals surface area contributed by atoms with E-state index in [9.17, 15) is 9.59 Å². The Morgan fingerprint density at radius 3 is 2.67 bits per heavy atom. The molecule has 0 saturated heterocycles. The summed E-state index contributed by atoms with van der Waals surface area (Å²) in [6, 6.07) is 0. The molecule has 0 heterocycles. The smallest absolute Gasteiger partial charge is 0.317 e. The quantitative estimate of drug-likeness (QED) is 0.507. The van der Waals surface area contributed by atoms with Gasteiger partial charge in [0.2, 0.25) is 0 Å². The van der Waals surface area contributed by atoms with E-state index in [2.05, 4.69) is 0 Å². The van der Waals surface area contributed by atoms with E-state index in [0.29, 0.717) is 6.29 Å². The summed E-state index contributed by atoms with van der Waals surface area (Å²) in [7, 11) is 1.57. The predicted molar refractivity (Wildman–Crippen MR) is 31.2 cm³/mol. The lowest BCUT2D eigenvalue weighted by molar-refractivity contribution is -0.138. The van der Waals surface area contributed by atoms with Gasteiger partial charge in [0.1, 0.15) is 6.29 Å². The van der Waals surface area contributed by atoms with Crippen molar-refractivity contribution in [3.05, 3.63) is 0 Å². The second-order valence-electron chi connectivity index (χ2n) is 1.76. The van der Waals surface area contributed by atoms with Crippen LogP contribution < -0.4 is 0 Å². The Bertz CT molecular complexity index is 113. The van der Waals surface area contributed by atoms with Crippen LogP contribution in [0.4, 0.5) is 0 Å². The Balaban J connectivity index is 3.37. The van der Waals surface area contributed by atoms with Gasteiger partial charge in [-0.25, -0.2) is 0 Å². The number of carbonyl (C=O) groups excluding carboxylic acids is 1. The zero-order valence-corrected chi connectivity index (χ0v) is 5.20. The molecule has 0 aliphatic heterocycles. The topological polar surface area (TPSA) is 57.6 Å². The minimum absolute atomic E-state index is 0.0846. The number of nitrogens with zero attached hydrogens (tertiary/aromatic N) is 1. The molecule has 0 unspecified atom stereocenters. The van der Waals surface area contributed by atoms with E-state index in [-0.39, 0.29) is 13.1 Å². The normalized spacial score (nSPS) is 9.56. The molecule has 0 atom stereocenters. The van der Waals surface area contributed by atoms with Crippen molar-refractivity contribution < 1.29 is 14.7 Å².